The Kier molecular flexibility index (Phi) is 5.05. The van der Waals surface area contributed by atoms with Crippen LogP contribution in [0.3, 0.4) is 0 Å². The third kappa shape index (κ3) is 3.24. The van der Waals surface area contributed by atoms with Gasteiger partial charge in [0.15, 0.2) is 0 Å². The average Bonchev–Trinajstić information content (AvgIpc) is 2.79. The maximum absolute atomic E-state index is 14.2. The first kappa shape index (κ1) is 17.4. The van der Waals surface area contributed by atoms with Gasteiger partial charge < -0.3 is 9.80 Å². The molecule has 1 amide bonds. The quantitative estimate of drug-likeness (QED) is 0.842. The standard InChI is InChI=1S/C18H18ClFN4O/c1-2-6-23-7-3-8-24(11-15(23)25)18-12(9-21)10-22-17-14(20)5-4-13(19)16(17)18/h4-5,10H,2-3,6-8,11H2,1H3. The van der Waals surface area contributed by atoms with Crippen molar-refractivity contribution in [3.05, 3.63) is 34.7 Å². The van der Waals surface area contributed by atoms with E-state index in [0.717, 1.165) is 12.8 Å². The lowest BCUT2D eigenvalue weighted by Crippen LogP contribution is -2.37. The molecule has 0 N–H and O–H groups in total. The zero-order valence-electron chi connectivity index (χ0n) is 13.9. The highest BCUT2D eigenvalue weighted by Gasteiger charge is 2.26. The zero-order chi connectivity index (χ0) is 18.0. The van der Waals surface area contributed by atoms with Gasteiger partial charge in [0.25, 0.3) is 0 Å². The van der Waals surface area contributed by atoms with Gasteiger partial charge in [0.2, 0.25) is 5.91 Å². The third-order valence-electron chi connectivity index (χ3n) is 4.36. The molecule has 1 aliphatic rings. The van der Waals surface area contributed by atoms with Crippen LogP contribution in [0.2, 0.25) is 5.02 Å². The van der Waals surface area contributed by atoms with E-state index in [0.29, 0.717) is 35.7 Å². The Bertz CT molecular complexity index is 864. The average molecular weight is 361 g/mol. The van der Waals surface area contributed by atoms with Crippen LogP contribution in [0.4, 0.5) is 10.1 Å². The van der Waals surface area contributed by atoms with Crippen LogP contribution in [0, 0.1) is 17.1 Å². The van der Waals surface area contributed by atoms with E-state index in [1.807, 2.05) is 16.7 Å². The maximum atomic E-state index is 14.2. The van der Waals surface area contributed by atoms with Crippen molar-refractivity contribution < 1.29 is 9.18 Å². The summed E-state index contributed by atoms with van der Waals surface area (Å²) < 4.78 is 14.2. The van der Waals surface area contributed by atoms with Crippen molar-refractivity contribution in [1.29, 1.82) is 5.26 Å². The van der Waals surface area contributed by atoms with Gasteiger partial charge in [-0.25, -0.2) is 4.39 Å². The smallest absolute Gasteiger partial charge is 0.242 e. The number of fused-ring (bicyclic) bond motifs is 1. The molecule has 1 aromatic carbocycles. The van der Waals surface area contributed by atoms with E-state index in [9.17, 15) is 14.4 Å². The number of pyridine rings is 1. The zero-order valence-corrected chi connectivity index (χ0v) is 14.7. The molecular formula is C18H18ClFN4O. The number of carbonyl (C=O) groups excluding carboxylic acids is 1. The van der Waals surface area contributed by atoms with Crippen molar-refractivity contribution >= 4 is 34.1 Å². The summed E-state index contributed by atoms with van der Waals surface area (Å²) in [5.41, 5.74) is 0.893. The summed E-state index contributed by atoms with van der Waals surface area (Å²) in [4.78, 5) is 20.3. The molecule has 1 aliphatic heterocycles. The van der Waals surface area contributed by atoms with Gasteiger partial charge in [-0.05, 0) is 25.0 Å². The number of nitriles is 1. The Morgan fingerprint density at radius 3 is 2.92 bits per heavy atom. The minimum atomic E-state index is -0.501. The van der Waals surface area contributed by atoms with Gasteiger partial charge in [0.05, 0.1) is 22.8 Å². The van der Waals surface area contributed by atoms with Gasteiger partial charge in [0, 0.05) is 31.2 Å². The fraction of sp³-hybridized carbons (Fsp3) is 0.389. The lowest BCUT2D eigenvalue weighted by Gasteiger charge is -2.25. The third-order valence-corrected chi connectivity index (χ3v) is 4.67. The van der Waals surface area contributed by atoms with E-state index in [1.54, 1.807) is 0 Å². The molecule has 0 saturated carbocycles. The van der Waals surface area contributed by atoms with Crippen molar-refractivity contribution in [2.24, 2.45) is 0 Å². The number of amides is 1. The first-order chi connectivity index (χ1) is 12.1. The number of halogens is 2. The second-order valence-electron chi connectivity index (χ2n) is 6.04. The Hall–Kier alpha value is -2.39. The highest BCUT2D eigenvalue weighted by molar-refractivity contribution is 6.36. The summed E-state index contributed by atoms with van der Waals surface area (Å²) in [6, 6.07) is 4.80. The Balaban J connectivity index is 2.13. The summed E-state index contributed by atoms with van der Waals surface area (Å²) in [6.07, 6.45) is 3.01. The van der Waals surface area contributed by atoms with Gasteiger partial charge in [-0.2, -0.15) is 5.26 Å². The van der Waals surface area contributed by atoms with Gasteiger partial charge >= 0.3 is 0 Å². The lowest BCUT2D eigenvalue weighted by molar-refractivity contribution is -0.129. The maximum Gasteiger partial charge on any atom is 0.242 e. The normalized spacial score (nSPS) is 15.4. The highest BCUT2D eigenvalue weighted by Crippen LogP contribution is 2.36. The molecule has 3 rings (SSSR count). The number of carbonyl (C=O) groups is 1. The van der Waals surface area contributed by atoms with Crippen LogP contribution < -0.4 is 4.90 Å². The molecule has 1 aromatic heterocycles. The first-order valence-corrected chi connectivity index (χ1v) is 8.64. The molecule has 0 atom stereocenters. The molecule has 7 heteroatoms. The summed E-state index contributed by atoms with van der Waals surface area (Å²) in [5.74, 6) is -0.500. The van der Waals surface area contributed by atoms with E-state index in [1.165, 1.54) is 18.3 Å². The first-order valence-electron chi connectivity index (χ1n) is 8.26. The predicted octanol–water partition coefficient (Wildman–Crippen LogP) is 3.35. The monoisotopic (exact) mass is 360 g/mol. The van der Waals surface area contributed by atoms with Crippen molar-refractivity contribution in [2.75, 3.05) is 31.1 Å². The minimum absolute atomic E-state index is 0.000674. The topological polar surface area (TPSA) is 60.2 Å². The van der Waals surface area contributed by atoms with Crippen molar-refractivity contribution in [2.45, 2.75) is 19.8 Å². The molecular weight excluding hydrogens is 343 g/mol. The van der Waals surface area contributed by atoms with Gasteiger partial charge in [-0.15, -0.1) is 0 Å². The molecule has 25 heavy (non-hydrogen) atoms. The largest absolute Gasteiger partial charge is 0.360 e. The number of hydrogen-bond acceptors (Lipinski definition) is 4. The fourth-order valence-corrected chi connectivity index (χ4v) is 3.49. The van der Waals surface area contributed by atoms with E-state index in [4.69, 9.17) is 11.6 Å². The van der Waals surface area contributed by atoms with E-state index in [-0.39, 0.29) is 23.5 Å². The lowest BCUT2D eigenvalue weighted by atomic mass is 10.1. The van der Waals surface area contributed by atoms with Crippen molar-refractivity contribution in [1.82, 2.24) is 9.88 Å². The van der Waals surface area contributed by atoms with Gasteiger partial charge in [0.1, 0.15) is 17.4 Å². The molecule has 0 unspecified atom stereocenters. The number of benzene rings is 1. The van der Waals surface area contributed by atoms with E-state index in [2.05, 4.69) is 11.1 Å². The number of rotatable bonds is 3. The molecule has 1 fully saturated rings. The summed E-state index contributed by atoms with van der Waals surface area (Å²) in [7, 11) is 0. The predicted molar refractivity (Wildman–Crippen MR) is 95.1 cm³/mol. The molecule has 0 aliphatic carbocycles. The molecule has 130 valence electrons. The van der Waals surface area contributed by atoms with Crippen molar-refractivity contribution in [3.8, 4) is 6.07 Å². The number of hydrogen-bond donors (Lipinski definition) is 0. The van der Waals surface area contributed by atoms with Gasteiger partial charge in [-0.1, -0.05) is 18.5 Å². The van der Waals surface area contributed by atoms with E-state index < -0.39 is 5.82 Å². The fourth-order valence-electron chi connectivity index (χ4n) is 3.24. The minimum Gasteiger partial charge on any atom is -0.360 e. The second kappa shape index (κ2) is 7.24. The highest BCUT2D eigenvalue weighted by atomic mass is 35.5. The molecule has 0 radical (unpaired) electrons. The van der Waals surface area contributed by atoms with Gasteiger partial charge in [-0.3, -0.25) is 9.78 Å². The Labute approximate surface area is 150 Å². The molecule has 2 aromatic rings. The van der Waals surface area contributed by atoms with Crippen LogP contribution in [0.5, 0.6) is 0 Å². The van der Waals surface area contributed by atoms with Crippen LogP contribution in [-0.2, 0) is 4.79 Å². The Morgan fingerprint density at radius 1 is 1.40 bits per heavy atom. The molecule has 1 saturated heterocycles. The Morgan fingerprint density at radius 2 is 2.20 bits per heavy atom. The second-order valence-corrected chi connectivity index (χ2v) is 6.45. The summed E-state index contributed by atoms with van der Waals surface area (Å²) in [6.45, 7) is 4.15. The number of nitrogens with zero attached hydrogens (tertiary/aromatic N) is 4. The van der Waals surface area contributed by atoms with Crippen molar-refractivity contribution in [3.63, 3.8) is 0 Å². The SMILES string of the molecule is CCCN1CCCN(c2c(C#N)cnc3c(F)ccc(Cl)c23)CC1=O. The molecule has 5 nitrogen and oxygen atoms in total. The number of anilines is 1. The molecule has 0 bridgehead atoms. The molecule has 2 heterocycles. The summed E-state index contributed by atoms with van der Waals surface area (Å²) >= 11 is 6.30. The summed E-state index contributed by atoms with van der Waals surface area (Å²) in [5, 5.41) is 10.2. The van der Waals surface area contributed by atoms with E-state index >= 15 is 0 Å². The molecule has 0 spiro atoms. The van der Waals surface area contributed by atoms with Crippen LogP contribution in [0.15, 0.2) is 18.3 Å². The van der Waals surface area contributed by atoms with Crippen LogP contribution in [-0.4, -0.2) is 42.0 Å². The number of aromatic nitrogens is 1. The van der Waals surface area contributed by atoms with Crippen LogP contribution >= 0.6 is 11.6 Å². The van der Waals surface area contributed by atoms with Crippen LogP contribution in [0.1, 0.15) is 25.3 Å². The van der Waals surface area contributed by atoms with Crippen LogP contribution in [0.25, 0.3) is 10.9 Å².